The molecule has 1 rings (SSSR count). The summed E-state index contributed by atoms with van der Waals surface area (Å²) in [5.74, 6) is 0.483. The molecule has 1 aromatic rings. The van der Waals surface area contributed by atoms with Gasteiger partial charge in [0.15, 0.2) is 0 Å². The molecule has 0 aliphatic carbocycles. The topological polar surface area (TPSA) is 103 Å². The molecule has 110 valence electrons. The number of amides is 2. The van der Waals surface area contributed by atoms with Gasteiger partial charge >= 0.3 is 12.3 Å². The van der Waals surface area contributed by atoms with E-state index in [0.29, 0.717) is 0 Å². The van der Waals surface area contributed by atoms with E-state index >= 15 is 0 Å². The third-order valence-corrected chi connectivity index (χ3v) is 2.12. The smallest absolute Gasteiger partial charge is 0.416 e. The molecule has 9 heteroatoms. The van der Waals surface area contributed by atoms with Gasteiger partial charge in [-0.3, -0.25) is 20.5 Å². The lowest BCUT2D eigenvalue weighted by molar-refractivity contribution is -0.137. The van der Waals surface area contributed by atoms with Gasteiger partial charge in [-0.1, -0.05) is 6.07 Å². The lowest BCUT2D eigenvalue weighted by atomic mass is 10.2. The fraction of sp³-hybridized carbons (Fsp3) is 0.0833. The van der Waals surface area contributed by atoms with Crippen LogP contribution in [0.15, 0.2) is 34.8 Å². The molecule has 21 heavy (non-hydrogen) atoms. The van der Waals surface area contributed by atoms with Crippen LogP contribution in [-0.2, 0) is 11.0 Å². The van der Waals surface area contributed by atoms with Crippen molar-refractivity contribution in [1.82, 2.24) is 5.32 Å². The van der Waals surface area contributed by atoms with Crippen molar-refractivity contribution in [3.8, 4) is 0 Å². The normalized spacial score (nSPS) is 11.0. The highest BCUT2D eigenvalue weighted by Gasteiger charge is 2.30. The predicted octanol–water partition coefficient (Wildman–Crippen LogP) is 2.38. The van der Waals surface area contributed by atoms with Crippen LogP contribution in [-0.4, -0.2) is 29.2 Å². The summed E-state index contributed by atoms with van der Waals surface area (Å²) in [5.41, 5.74) is -1.58. The Labute approximate surface area is 116 Å². The number of halogens is 3. The quantitative estimate of drug-likeness (QED) is 0.589. The maximum atomic E-state index is 12.5. The molecule has 0 atom stereocenters. The molecule has 0 bridgehead atoms. The van der Waals surface area contributed by atoms with Crippen LogP contribution in [0.5, 0.6) is 0 Å². The van der Waals surface area contributed by atoms with Gasteiger partial charge < -0.3 is 5.11 Å². The second-order valence-corrected chi connectivity index (χ2v) is 3.60. The number of aliphatic imine (C=N–C) groups is 1. The Morgan fingerprint density at radius 2 is 2.05 bits per heavy atom. The summed E-state index contributed by atoms with van der Waals surface area (Å²) in [6.07, 6.45) is -5.42. The Morgan fingerprint density at radius 1 is 1.38 bits per heavy atom. The number of alkyl halides is 3. The second kappa shape index (κ2) is 6.49. The Hall–Kier alpha value is -2.93. The van der Waals surface area contributed by atoms with Gasteiger partial charge in [-0.25, -0.2) is 4.79 Å². The zero-order chi connectivity index (χ0) is 16.0. The van der Waals surface area contributed by atoms with Gasteiger partial charge in [0.05, 0.1) is 11.3 Å². The number of nitrogens with one attached hydrogen (secondary N) is 2. The fourth-order valence-electron chi connectivity index (χ4n) is 1.21. The van der Waals surface area contributed by atoms with E-state index in [0.717, 1.165) is 24.4 Å². The Balaban J connectivity index is 2.97. The number of carboxylic acid groups (broad SMARTS) is 1. The molecule has 1 aromatic carbocycles. The van der Waals surface area contributed by atoms with Crippen LogP contribution in [0.4, 0.5) is 23.7 Å². The predicted molar refractivity (Wildman–Crippen MR) is 67.0 cm³/mol. The molecule has 0 heterocycles. The Bertz CT molecular complexity index is 647. The highest BCUT2D eigenvalue weighted by Crippen LogP contribution is 2.31. The van der Waals surface area contributed by atoms with Crippen molar-refractivity contribution in [2.24, 2.45) is 4.99 Å². The molecular formula is C12H8F3N3O3. The van der Waals surface area contributed by atoms with Crippen LogP contribution in [0.2, 0.25) is 0 Å². The third kappa shape index (κ3) is 4.92. The lowest BCUT2D eigenvalue weighted by Gasteiger charge is -2.06. The van der Waals surface area contributed by atoms with Gasteiger partial charge in [0.1, 0.15) is 5.57 Å². The number of nitrogens with zero attached hydrogens (tertiary/aromatic N) is 1. The van der Waals surface area contributed by atoms with Gasteiger partial charge in [0, 0.05) is 6.21 Å². The van der Waals surface area contributed by atoms with E-state index in [-0.39, 0.29) is 5.69 Å². The van der Waals surface area contributed by atoms with E-state index in [2.05, 4.69) is 4.99 Å². The number of hydrogen-bond donors (Lipinski definition) is 3. The minimum Gasteiger partial charge on any atom is -0.465 e. The molecule has 6 nitrogen and oxygen atoms in total. The number of hydrogen-bond acceptors (Lipinski definition) is 4. The summed E-state index contributed by atoms with van der Waals surface area (Å²) in [6, 6.07) is 3.97. The van der Waals surface area contributed by atoms with Crippen molar-refractivity contribution in [2.75, 3.05) is 0 Å². The summed E-state index contributed by atoms with van der Waals surface area (Å²) in [4.78, 5) is 25.1. The van der Waals surface area contributed by atoms with E-state index in [4.69, 9.17) is 10.5 Å². The van der Waals surface area contributed by atoms with Crippen molar-refractivity contribution in [2.45, 2.75) is 6.18 Å². The molecule has 0 aromatic heterocycles. The Kier molecular flexibility index (Phi) is 4.98. The minimum atomic E-state index is -4.54. The number of carbonyl (C=O) groups is 2. The first-order valence-corrected chi connectivity index (χ1v) is 5.29. The average molecular weight is 299 g/mol. The second-order valence-electron chi connectivity index (χ2n) is 3.60. The number of carbonyl (C=O) groups excluding carboxylic acids is 1. The van der Waals surface area contributed by atoms with Crippen LogP contribution >= 0.6 is 0 Å². The van der Waals surface area contributed by atoms with Gasteiger partial charge in [-0.15, -0.1) is 0 Å². The molecule has 3 N–H and O–H groups in total. The molecular weight excluding hydrogens is 291 g/mol. The molecule has 2 amide bonds. The zero-order valence-electron chi connectivity index (χ0n) is 10.2. The highest BCUT2D eigenvalue weighted by molar-refractivity contribution is 6.21. The summed E-state index contributed by atoms with van der Waals surface area (Å²) in [5, 5.41) is 16.6. The van der Waals surface area contributed by atoms with Crippen molar-refractivity contribution in [3.05, 3.63) is 35.4 Å². The third-order valence-electron chi connectivity index (χ3n) is 2.12. The van der Waals surface area contributed by atoms with Crippen molar-refractivity contribution < 1.29 is 27.9 Å². The van der Waals surface area contributed by atoms with Crippen LogP contribution in [0, 0.1) is 5.41 Å². The van der Waals surface area contributed by atoms with E-state index in [1.165, 1.54) is 11.4 Å². The minimum absolute atomic E-state index is 0.110. The molecule has 0 fully saturated rings. The molecule has 0 saturated carbocycles. The largest absolute Gasteiger partial charge is 0.465 e. The van der Waals surface area contributed by atoms with Gasteiger partial charge in [-0.2, -0.15) is 13.2 Å². The van der Waals surface area contributed by atoms with E-state index in [9.17, 15) is 22.8 Å². The summed E-state index contributed by atoms with van der Waals surface area (Å²) >= 11 is 0. The molecule has 0 unspecified atom stereocenters. The van der Waals surface area contributed by atoms with Crippen LogP contribution in [0.1, 0.15) is 5.56 Å². The molecule has 0 spiro atoms. The molecule has 0 saturated heterocycles. The highest BCUT2D eigenvalue weighted by atomic mass is 19.4. The van der Waals surface area contributed by atoms with Crippen LogP contribution in [0.25, 0.3) is 0 Å². The number of imide groups is 1. The first-order valence-electron chi connectivity index (χ1n) is 5.29. The maximum absolute atomic E-state index is 12.5. The van der Waals surface area contributed by atoms with E-state index in [1.807, 2.05) is 0 Å². The summed E-state index contributed by atoms with van der Waals surface area (Å²) < 4.78 is 37.4. The first kappa shape index (κ1) is 16.1. The van der Waals surface area contributed by atoms with Crippen LogP contribution < -0.4 is 5.32 Å². The van der Waals surface area contributed by atoms with Crippen molar-refractivity contribution in [1.29, 1.82) is 5.41 Å². The van der Waals surface area contributed by atoms with Crippen molar-refractivity contribution in [3.63, 3.8) is 0 Å². The average Bonchev–Trinajstić information content (AvgIpc) is 2.38. The zero-order valence-corrected chi connectivity index (χ0v) is 10.2. The summed E-state index contributed by atoms with van der Waals surface area (Å²) in [7, 11) is 0. The fourth-order valence-corrected chi connectivity index (χ4v) is 1.21. The Morgan fingerprint density at radius 3 is 2.57 bits per heavy atom. The number of rotatable bonds is 3. The molecule has 0 aliphatic heterocycles. The maximum Gasteiger partial charge on any atom is 0.416 e. The SMILES string of the molecule is N=C=C(C=Nc1cccc(C(F)(F)F)c1)C(=O)NC(=O)O. The lowest BCUT2D eigenvalue weighted by Crippen LogP contribution is -2.30. The van der Waals surface area contributed by atoms with E-state index in [1.54, 1.807) is 5.87 Å². The summed E-state index contributed by atoms with van der Waals surface area (Å²) in [6.45, 7) is 0. The van der Waals surface area contributed by atoms with Crippen LogP contribution in [0.3, 0.4) is 0 Å². The molecule has 0 radical (unpaired) electrons. The first-order chi connectivity index (χ1) is 9.74. The molecule has 0 aliphatic rings. The number of benzene rings is 1. The van der Waals surface area contributed by atoms with E-state index < -0.39 is 29.3 Å². The van der Waals surface area contributed by atoms with Gasteiger partial charge in [0.25, 0.3) is 5.91 Å². The van der Waals surface area contributed by atoms with Gasteiger partial charge in [-0.05, 0) is 24.1 Å². The van der Waals surface area contributed by atoms with Gasteiger partial charge in [0.2, 0.25) is 0 Å². The monoisotopic (exact) mass is 299 g/mol. The van der Waals surface area contributed by atoms with Crippen molar-refractivity contribution >= 4 is 29.8 Å². The standard InChI is InChI=1S/C12H8F3N3O3/c13-12(14,15)8-2-1-3-9(4-8)17-6-7(5-16)10(19)18-11(20)21/h1-4,6,16H,(H,18,19)(H,20,21).